The van der Waals surface area contributed by atoms with Crippen LogP contribution >= 0.6 is 0 Å². The first-order valence-electron chi connectivity index (χ1n) is 5.35. The highest BCUT2D eigenvalue weighted by atomic mass is 16.3. The Bertz CT molecular complexity index is 602. The van der Waals surface area contributed by atoms with Gasteiger partial charge in [0.25, 0.3) is 5.91 Å². The zero-order valence-electron chi connectivity index (χ0n) is 9.73. The van der Waals surface area contributed by atoms with Gasteiger partial charge < -0.3 is 15.4 Å². The Morgan fingerprint density at radius 2 is 2.11 bits per heavy atom. The number of aromatic nitrogens is 1. The average molecular weight is 244 g/mol. The quantitative estimate of drug-likeness (QED) is 0.571. The number of hydrogen-bond donors (Lipinski definition) is 3. The lowest BCUT2D eigenvalue weighted by Gasteiger charge is -2.07. The Hall–Kier alpha value is -2.56. The van der Waals surface area contributed by atoms with Gasteiger partial charge in [-0.2, -0.15) is 0 Å². The third-order valence-electron chi connectivity index (χ3n) is 2.54. The summed E-state index contributed by atoms with van der Waals surface area (Å²) >= 11 is 0. The summed E-state index contributed by atoms with van der Waals surface area (Å²) in [6.45, 7) is 1.78. The first-order valence-corrected chi connectivity index (χ1v) is 5.35. The zero-order chi connectivity index (χ0) is 13.1. The van der Waals surface area contributed by atoms with Gasteiger partial charge in [0.1, 0.15) is 11.4 Å². The third kappa shape index (κ3) is 2.40. The number of phenolic OH excluding ortho intramolecular Hbond substituents is 1. The van der Waals surface area contributed by atoms with E-state index >= 15 is 0 Å². The number of nitrogens with one attached hydrogen (secondary N) is 2. The molecule has 1 heterocycles. The minimum absolute atomic E-state index is 0.147. The van der Waals surface area contributed by atoms with Crippen LogP contribution in [0.4, 0.5) is 5.69 Å². The summed E-state index contributed by atoms with van der Waals surface area (Å²) in [6, 6.07) is 7.74. The normalized spacial score (nSPS) is 10.1. The SMILES string of the molecule is Cc1cc(O)ccc1NC(=O)c1ccc(C=O)[nH]1. The maximum absolute atomic E-state index is 11.9. The minimum atomic E-state index is -0.336. The number of amides is 1. The van der Waals surface area contributed by atoms with E-state index in [1.165, 1.54) is 18.2 Å². The van der Waals surface area contributed by atoms with E-state index in [9.17, 15) is 14.7 Å². The number of phenols is 1. The van der Waals surface area contributed by atoms with Crippen molar-refractivity contribution in [3.8, 4) is 5.75 Å². The van der Waals surface area contributed by atoms with Crippen molar-refractivity contribution in [3.05, 3.63) is 47.3 Å². The molecule has 1 aromatic heterocycles. The molecule has 1 amide bonds. The fourth-order valence-electron chi connectivity index (χ4n) is 1.59. The predicted molar refractivity (Wildman–Crippen MR) is 67.0 cm³/mol. The van der Waals surface area contributed by atoms with Crippen LogP contribution in [0.2, 0.25) is 0 Å². The molecule has 2 aromatic rings. The predicted octanol–water partition coefficient (Wildman–Crippen LogP) is 2.09. The van der Waals surface area contributed by atoms with Crippen molar-refractivity contribution in [1.82, 2.24) is 4.98 Å². The Morgan fingerprint density at radius 3 is 2.72 bits per heavy atom. The lowest BCUT2D eigenvalue weighted by atomic mass is 10.2. The fraction of sp³-hybridized carbons (Fsp3) is 0.0769. The summed E-state index contributed by atoms with van der Waals surface area (Å²) in [5.41, 5.74) is 2.03. The van der Waals surface area contributed by atoms with Gasteiger partial charge in [-0.25, -0.2) is 0 Å². The summed E-state index contributed by atoms with van der Waals surface area (Å²) in [6.07, 6.45) is 0.641. The maximum Gasteiger partial charge on any atom is 0.272 e. The number of aromatic hydroxyl groups is 1. The molecule has 2 rings (SSSR count). The molecular formula is C13H12N2O3. The van der Waals surface area contributed by atoms with Crippen molar-refractivity contribution >= 4 is 17.9 Å². The molecule has 18 heavy (non-hydrogen) atoms. The number of hydrogen-bond acceptors (Lipinski definition) is 3. The van der Waals surface area contributed by atoms with Crippen LogP contribution in [-0.2, 0) is 0 Å². The molecule has 0 fully saturated rings. The highest BCUT2D eigenvalue weighted by molar-refractivity contribution is 6.03. The fourth-order valence-corrected chi connectivity index (χ4v) is 1.59. The van der Waals surface area contributed by atoms with Gasteiger partial charge in [-0.05, 0) is 42.8 Å². The van der Waals surface area contributed by atoms with Crippen LogP contribution in [0.25, 0.3) is 0 Å². The highest BCUT2D eigenvalue weighted by Gasteiger charge is 2.09. The molecule has 0 saturated heterocycles. The second-order valence-corrected chi connectivity index (χ2v) is 3.90. The van der Waals surface area contributed by atoms with Gasteiger partial charge in [-0.3, -0.25) is 9.59 Å². The molecule has 1 aromatic carbocycles. The monoisotopic (exact) mass is 244 g/mol. The van der Waals surface area contributed by atoms with E-state index in [2.05, 4.69) is 10.3 Å². The van der Waals surface area contributed by atoms with E-state index in [0.29, 0.717) is 23.4 Å². The van der Waals surface area contributed by atoms with Gasteiger partial charge >= 0.3 is 0 Å². The second-order valence-electron chi connectivity index (χ2n) is 3.90. The number of H-pyrrole nitrogens is 1. The second kappa shape index (κ2) is 4.75. The smallest absolute Gasteiger partial charge is 0.272 e. The summed E-state index contributed by atoms with van der Waals surface area (Å²) in [5.74, 6) is -0.189. The molecule has 0 atom stereocenters. The number of rotatable bonds is 3. The van der Waals surface area contributed by atoms with Gasteiger partial charge in [0, 0.05) is 5.69 Å². The lowest BCUT2D eigenvalue weighted by Crippen LogP contribution is -2.13. The third-order valence-corrected chi connectivity index (χ3v) is 2.54. The van der Waals surface area contributed by atoms with Crippen LogP contribution < -0.4 is 5.32 Å². The molecule has 0 aliphatic heterocycles. The van der Waals surface area contributed by atoms with Crippen LogP contribution in [0.5, 0.6) is 5.75 Å². The summed E-state index contributed by atoms with van der Waals surface area (Å²) in [4.78, 5) is 25.0. The molecule has 3 N–H and O–H groups in total. The van der Waals surface area contributed by atoms with Gasteiger partial charge in [0.05, 0.1) is 5.69 Å². The van der Waals surface area contributed by atoms with Crippen molar-refractivity contribution in [2.24, 2.45) is 0 Å². The van der Waals surface area contributed by atoms with Gasteiger partial charge in [-0.1, -0.05) is 0 Å². The van der Waals surface area contributed by atoms with Crippen molar-refractivity contribution in [3.63, 3.8) is 0 Å². The van der Waals surface area contributed by atoms with E-state index in [4.69, 9.17) is 0 Å². The standard InChI is InChI=1S/C13H12N2O3/c1-8-6-10(17)3-5-11(8)15-13(18)12-4-2-9(7-16)14-12/h2-7,14,17H,1H3,(H,15,18). The zero-order valence-corrected chi connectivity index (χ0v) is 9.73. The van der Waals surface area contributed by atoms with E-state index in [1.54, 1.807) is 19.1 Å². The number of anilines is 1. The molecule has 0 bridgehead atoms. The number of carbonyl (C=O) groups excluding carboxylic acids is 2. The van der Waals surface area contributed by atoms with Gasteiger partial charge in [0.15, 0.2) is 6.29 Å². The molecule has 92 valence electrons. The van der Waals surface area contributed by atoms with Crippen molar-refractivity contribution in [2.45, 2.75) is 6.92 Å². The molecule has 0 radical (unpaired) electrons. The molecule has 5 nitrogen and oxygen atoms in total. The van der Waals surface area contributed by atoms with Crippen molar-refractivity contribution in [2.75, 3.05) is 5.32 Å². The molecule has 0 aliphatic rings. The number of aryl methyl sites for hydroxylation is 1. The van der Waals surface area contributed by atoms with Crippen molar-refractivity contribution < 1.29 is 14.7 Å². The number of aldehydes is 1. The highest BCUT2D eigenvalue weighted by Crippen LogP contribution is 2.20. The number of carbonyl (C=O) groups is 2. The summed E-state index contributed by atoms with van der Waals surface area (Å²) < 4.78 is 0. The lowest BCUT2D eigenvalue weighted by molar-refractivity contribution is 0.102. The topological polar surface area (TPSA) is 82.2 Å². The van der Waals surface area contributed by atoms with Crippen LogP contribution in [0, 0.1) is 6.92 Å². The summed E-state index contributed by atoms with van der Waals surface area (Å²) in [5, 5.41) is 12.0. The van der Waals surface area contributed by atoms with E-state index in [-0.39, 0.29) is 11.7 Å². The Kier molecular flexibility index (Phi) is 3.14. The van der Waals surface area contributed by atoms with Crippen LogP contribution in [-0.4, -0.2) is 22.3 Å². The Morgan fingerprint density at radius 1 is 1.33 bits per heavy atom. The summed E-state index contributed by atoms with van der Waals surface area (Å²) in [7, 11) is 0. The Balaban J connectivity index is 2.18. The van der Waals surface area contributed by atoms with Crippen LogP contribution in [0.15, 0.2) is 30.3 Å². The molecule has 0 spiro atoms. The van der Waals surface area contributed by atoms with Crippen molar-refractivity contribution in [1.29, 1.82) is 0 Å². The molecule has 0 saturated carbocycles. The number of benzene rings is 1. The van der Waals surface area contributed by atoms with Crippen LogP contribution in [0.1, 0.15) is 26.5 Å². The van der Waals surface area contributed by atoms with Gasteiger partial charge in [0.2, 0.25) is 0 Å². The minimum Gasteiger partial charge on any atom is -0.508 e. The van der Waals surface area contributed by atoms with E-state index < -0.39 is 0 Å². The first kappa shape index (κ1) is 11.9. The number of aromatic amines is 1. The average Bonchev–Trinajstić information content (AvgIpc) is 2.81. The molecule has 5 heteroatoms. The first-order chi connectivity index (χ1) is 8.60. The molecule has 0 unspecified atom stereocenters. The Labute approximate surface area is 103 Å². The largest absolute Gasteiger partial charge is 0.508 e. The van der Waals surface area contributed by atoms with Gasteiger partial charge in [-0.15, -0.1) is 0 Å². The molecule has 0 aliphatic carbocycles. The maximum atomic E-state index is 11.9. The van der Waals surface area contributed by atoms with E-state index in [0.717, 1.165) is 5.56 Å². The van der Waals surface area contributed by atoms with Crippen LogP contribution in [0.3, 0.4) is 0 Å². The van der Waals surface area contributed by atoms with E-state index in [1.807, 2.05) is 0 Å². The molecular weight excluding hydrogens is 232 g/mol.